The molecule has 0 atom stereocenters. The van der Waals surface area contributed by atoms with E-state index < -0.39 is 11.6 Å². The Balaban J connectivity index is 2.16. The Morgan fingerprint density at radius 2 is 1.78 bits per heavy atom. The largest absolute Gasteiger partial charge is 0.397 e. The van der Waals surface area contributed by atoms with Crippen molar-refractivity contribution in [3.63, 3.8) is 0 Å². The van der Waals surface area contributed by atoms with E-state index >= 15 is 0 Å². The van der Waals surface area contributed by atoms with Crippen LogP contribution in [0.2, 0.25) is 5.02 Å². The SMILES string of the molecule is Nc1cc(Cl)ccc1NCc1c(F)cccc1F. The van der Waals surface area contributed by atoms with E-state index in [9.17, 15) is 8.78 Å². The summed E-state index contributed by atoms with van der Waals surface area (Å²) in [6.07, 6.45) is 0. The molecule has 0 bridgehead atoms. The minimum Gasteiger partial charge on any atom is -0.397 e. The lowest BCUT2D eigenvalue weighted by molar-refractivity contribution is 0.560. The molecule has 5 heteroatoms. The molecule has 2 rings (SSSR count). The number of nitrogen functional groups attached to an aromatic ring is 1. The number of hydrogen-bond acceptors (Lipinski definition) is 2. The number of benzene rings is 2. The third-order valence-corrected chi connectivity index (χ3v) is 2.77. The van der Waals surface area contributed by atoms with Gasteiger partial charge in [0.1, 0.15) is 11.6 Å². The first kappa shape index (κ1) is 12.6. The molecule has 3 N–H and O–H groups in total. The van der Waals surface area contributed by atoms with E-state index in [4.69, 9.17) is 17.3 Å². The lowest BCUT2D eigenvalue weighted by atomic mass is 10.2. The molecule has 0 aromatic heterocycles. The van der Waals surface area contributed by atoms with Crippen molar-refractivity contribution in [2.24, 2.45) is 0 Å². The second-order valence-electron chi connectivity index (χ2n) is 3.79. The molecule has 18 heavy (non-hydrogen) atoms. The fraction of sp³-hybridized carbons (Fsp3) is 0.0769. The molecule has 0 saturated heterocycles. The van der Waals surface area contributed by atoms with Crippen molar-refractivity contribution in [2.75, 3.05) is 11.1 Å². The van der Waals surface area contributed by atoms with Crippen LogP contribution in [-0.4, -0.2) is 0 Å². The van der Waals surface area contributed by atoms with Crippen LogP contribution in [-0.2, 0) is 6.54 Å². The highest BCUT2D eigenvalue weighted by Crippen LogP contribution is 2.23. The molecule has 0 radical (unpaired) electrons. The predicted molar refractivity (Wildman–Crippen MR) is 69.5 cm³/mol. The van der Waals surface area contributed by atoms with Gasteiger partial charge in [-0.1, -0.05) is 17.7 Å². The van der Waals surface area contributed by atoms with Crippen LogP contribution in [0, 0.1) is 11.6 Å². The van der Waals surface area contributed by atoms with Gasteiger partial charge in [0, 0.05) is 17.1 Å². The molecule has 0 amide bonds. The fourth-order valence-corrected chi connectivity index (χ4v) is 1.76. The van der Waals surface area contributed by atoms with E-state index in [0.29, 0.717) is 16.4 Å². The summed E-state index contributed by atoms with van der Waals surface area (Å²) in [6, 6.07) is 8.64. The van der Waals surface area contributed by atoms with Gasteiger partial charge in [-0.3, -0.25) is 0 Å². The average Bonchev–Trinajstić information content (AvgIpc) is 2.31. The highest BCUT2D eigenvalue weighted by Gasteiger charge is 2.08. The van der Waals surface area contributed by atoms with E-state index in [-0.39, 0.29) is 12.1 Å². The number of anilines is 2. The number of rotatable bonds is 3. The van der Waals surface area contributed by atoms with Crippen LogP contribution in [0.5, 0.6) is 0 Å². The molecule has 2 aromatic rings. The number of nitrogens with one attached hydrogen (secondary N) is 1. The maximum absolute atomic E-state index is 13.4. The maximum Gasteiger partial charge on any atom is 0.131 e. The summed E-state index contributed by atoms with van der Waals surface area (Å²) < 4.78 is 26.8. The fourth-order valence-electron chi connectivity index (χ4n) is 1.58. The first-order chi connectivity index (χ1) is 8.58. The molecular formula is C13H11ClF2N2. The van der Waals surface area contributed by atoms with Crippen LogP contribution < -0.4 is 11.1 Å². The van der Waals surface area contributed by atoms with Gasteiger partial charge < -0.3 is 11.1 Å². The van der Waals surface area contributed by atoms with Crippen LogP contribution in [0.25, 0.3) is 0 Å². The minimum atomic E-state index is -0.588. The van der Waals surface area contributed by atoms with Gasteiger partial charge >= 0.3 is 0 Å². The molecule has 0 spiro atoms. The summed E-state index contributed by atoms with van der Waals surface area (Å²) in [4.78, 5) is 0. The zero-order valence-corrected chi connectivity index (χ0v) is 10.1. The quantitative estimate of drug-likeness (QED) is 0.831. The minimum absolute atomic E-state index is 0.0182. The second-order valence-corrected chi connectivity index (χ2v) is 4.22. The molecule has 0 saturated carbocycles. The second kappa shape index (κ2) is 5.23. The Kier molecular flexibility index (Phi) is 3.67. The third kappa shape index (κ3) is 2.71. The summed E-state index contributed by atoms with van der Waals surface area (Å²) in [5.74, 6) is -1.18. The zero-order valence-electron chi connectivity index (χ0n) is 9.38. The van der Waals surface area contributed by atoms with Crippen LogP contribution in [0.4, 0.5) is 20.2 Å². The van der Waals surface area contributed by atoms with Crippen molar-refractivity contribution in [3.8, 4) is 0 Å². The Morgan fingerprint density at radius 1 is 1.11 bits per heavy atom. The first-order valence-electron chi connectivity index (χ1n) is 5.29. The van der Waals surface area contributed by atoms with Gasteiger partial charge in [-0.05, 0) is 30.3 Å². The van der Waals surface area contributed by atoms with Gasteiger partial charge in [-0.15, -0.1) is 0 Å². The lowest BCUT2D eigenvalue weighted by Gasteiger charge is -2.10. The van der Waals surface area contributed by atoms with Crippen molar-refractivity contribution in [3.05, 3.63) is 58.6 Å². The molecule has 0 aliphatic rings. The highest BCUT2D eigenvalue weighted by atomic mass is 35.5. The van der Waals surface area contributed by atoms with Gasteiger partial charge in [-0.25, -0.2) is 8.78 Å². The molecule has 0 heterocycles. The monoisotopic (exact) mass is 268 g/mol. The normalized spacial score (nSPS) is 10.4. The molecule has 2 aromatic carbocycles. The summed E-state index contributed by atoms with van der Waals surface area (Å²) in [7, 11) is 0. The van der Waals surface area contributed by atoms with E-state index in [1.807, 2.05) is 0 Å². The van der Waals surface area contributed by atoms with Crippen molar-refractivity contribution < 1.29 is 8.78 Å². The van der Waals surface area contributed by atoms with Crippen molar-refractivity contribution >= 4 is 23.0 Å². The van der Waals surface area contributed by atoms with Crippen molar-refractivity contribution in [1.29, 1.82) is 0 Å². The summed E-state index contributed by atoms with van der Waals surface area (Å²) >= 11 is 5.76. The van der Waals surface area contributed by atoms with Crippen LogP contribution in [0.1, 0.15) is 5.56 Å². The third-order valence-electron chi connectivity index (χ3n) is 2.53. The molecule has 0 unspecified atom stereocenters. The zero-order chi connectivity index (χ0) is 13.1. The van der Waals surface area contributed by atoms with Gasteiger partial charge in [0.15, 0.2) is 0 Å². The number of nitrogens with two attached hydrogens (primary N) is 1. The smallest absolute Gasteiger partial charge is 0.131 e. The van der Waals surface area contributed by atoms with Gasteiger partial charge in [0.25, 0.3) is 0 Å². The molecular weight excluding hydrogens is 258 g/mol. The van der Waals surface area contributed by atoms with Gasteiger partial charge in [-0.2, -0.15) is 0 Å². The van der Waals surface area contributed by atoms with Crippen LogP contribution in [0.3, 0.4) is 0 Å². The van der Waals surface area contributed by atoms with Crippen molar-refractivity contribution in [2.45, 2.75) is 6.54 Å². The van der Waals surface area contributed by atoms with E-state index in [2.05, 4.69) is 5.32 Å². The van der Waals surface area contributed by atoms with E-state index in [1.54, 1.807) is 18.2 Å². The number of halogens is 3. The van der Waals surface area contributed by atoms with Gasteiger partial charge in [0.05, 0.1) is 11.4 Å². The van der Waals surface area contributed by atoms with E-state index in [0.717, 1.165) is 0 Å². The first-order valence-corrected chi connectivity index (χ1v) is 5.67. The number of hydrogen-bond donors (Lipinski definition) is 2. The standard InChI is InChI=1S/C13H11ClF2N2/c14-8-4-5-13(12(17)6-8)18-7-9-10(15)2-1-3-11(9)16/h1-6,18H,7,17H2. The molecule has 0 aliphatic heterocycles. The Morgan fingerprint density at radius 3 is 2.39 bits per heavy atom. The lowest BCUT2D eigenvalue weighted by Crippen LogP contribution is -2.06. The summed E-state index contributed by atoms with van der Waals surface area (Å²) in [6.45, 7) is 0.0182. The molecule has 0 aliphatic carbocycles. The van der Waals surface area contributed by atoms with Crippen molar-refractivity contribution in [1.82, 2.24) is 0 Å². The molecule has 94 valence electrons. The predicted octanol–water partition coefficient (Wildman–Crippen LogP) is 3.81. The highest BCUT2D eigenvalue weighted by molar-refractivity contribution is 6.31. The van der Waals surface area contributed by atoms with Crippen LogP contribution >= 0.6 is 11.6 Å². The topological polar surface area (TPSA) is 38.0 Å². The van der Waals surface area contributed by atoms with Gasteiger partial charge in [0.2, 0.25) is 0 Å². The average molecular weight is 269 g/mol. The van der Waals surface area contributed by atoms with E-state index in [1.165, 1.54) is 18.2 Å². The van der Waals surface area contributed by atoms with Crippen LogP contribution in [0.15, 0.2) is 36.4 Å². The Bertz CT molecular complexity index is 553. The molecule has 0 fully saturated rings. The Hall–Kier alpha value is -1.81. The Labute approximate surface area is 108 Å². The summed E-state index contributed by atoms with van der Waals surface area (Å²) in [5, 5.41) is 3.38. The summed E-state index contributed by atoms with van der Waals surface area (Å²) in [5.41, 5.74) is 6.72. The maximum atomic E-state index is 13.4. The molecule has 2 nitrogen and oxygen atoms in total.